The summed E-state index contributed by atoms with van der Waals surface area (Å²) in [6.45, 7) is 1.77. The smallest absolute Gasteiger partial charge is 0.258 e. The normalized spacial score (nSPS) is 13.7. The van der Waals surface area contributed by atoms with Gasteiger partial charge in [0.15, 0.2) is 0 Å². The van der Waals surface area contributed by atoms with Gasteiger partial charge in [0.1, 0.15) is 0 Å². The van der Waals surface area contributed by atoms with Gasteiger partial charge in [-0.25, -0.2) is 0 Å². The highest BCUT2D eigenvalue weighted by Gasteiger charge is 2.20. The monoisotopic (exact) mass is 267 g/mol. The fourth-order valence-electron chi connectivity index (χ4n) is 2.60. The van der Waals surface area contributed by atoms with Gasteiger partial charge in [-0.2, -0.15) is 0 Å². The predicted octanol–water partition coefficient (Wildman–Crippen LogP) is 2.00. The number of pyridine rings is 1. The van der Waals surface area contributed by atoms with E-state index in [1.165, 1.54) is 11.1 Å². The Kier molecular flexibility index (Phi) is 3.48. The summed E-state index contributed by atoms with van der Waals surface area (Å²) in [7, 11) is 1.80. The third-order valence-corrected chi connectivity index (χ3v) is 3.73. The molecule has 0 spiro atoms. The van der Waals surface area contributed by atoms with Gasteiger partial charge in [0.05, 0.1) is 0 Å². The van der Waals surface area contributed by atoms with Gasteiger partial charge in [-0.3, -0.25) is 9.78 Å². The molecule has 0 radical (unpaired) electrons. The van der Waals surface area contributed by atoms with Crippen LogP contribution in [-0.2, 0) is 13.0 Å². The quantitative estimate of drug-likeness (QED) is 0.905. The summed E-state index contributed by atoms with van der Waals surface area (Å²) in [6.07, 6.45) is 4.30. The Morgan fingerprint density at radius 2 is 2.05 bits per heavy atom. The molecule has 102 valence electrons. The zero-order valence-electron chi connectivity index (χ0n) is 11.5. The minimum absolute atomic E-state index is 0.0370. The number of fused-ring (bicyclic) bond motifs is 1. The molecular weight excluding hydrogens is 250 g/mol. The minimum Gasteiger partial charge on any atom is -0.312 e. The van der Waals surface area contributed by atoms with E-state index in [4.69, 9.17) is 0 Å². The fraction of sp³-hybridized carbons (Fsp3) is 0.250. The van der Waals surface area contributed by atoms with Gasteiger partial charge in [-0.05, 0) is 42.3 Å². The molecule has 0 bridgehead atoms. The van der Waals surface area contributed by atoms with E-state index < -0.39 is 0 Å². The molecule has 0 unspecified atom stereocenters. The van der Waals surface area contributed by atoms with Crippen LogP contribution in [0, 0.1) is 0 Å². The molecule has 0 atom stereocenters. The van der Waals surface area contributed by atoms with Crippen LogP contribution in [-0.4, -0.2) is 24.5 Å². The molecule has 1 aliphatic heterocycles. The van der Waals surface area contributed by atoms with E-state index >= 15 is 0 Å². The van der Waals surface area contributed by atoms with Crippen LogP contribution < -0.4 is 10.2 Å². The largest absolute Gasteiger partial charge is 0.312 e. The molecule has 4 heteroatoms. The van der Waals surface area contributed by atoms with Crippen LogP contribution in [0.1, 0.15) is 21.5 Å². The van der Waals surface area contributed by atoms with Crippen molar-refractivity contribution in [1.82, 2.24) is 10.3 Å². The molecule has 1 aromatic heterocycles. The Morgan fingerprint density at radius 1 is 1.25 bits per heavy atom. The van der Waals surface area contributed by atoms with Crippen molar-refractivity contribution in [2.75, 3.05) is 18.5 Å². The van der Waals surface area contributed by atoms with Crippen LogP contribution in [0.2, 0.25) is 0 Å². The predicted molar refractivity (Wildman–Crippen MR) is 78.8 cm³/mol. The van der Waals surface area contributed by atoms with Gasteiger partial charge in [0.2, 0.25) is 0 Å². The molecule has 2 heterocycles. The standard InChI is InChI=1S/C16H17N3O/c1-19(13-5-8-17-9-6-13)16(20)15-4-2-3-12-11-18-10-7-14(12)15/h2-6,8-9,18H,7,10-11H2,1H3. The van der Waals surface area contributed by atoms with Crippen molar-refractivity contribution in [3.05, 3.63) is 59.4 Å². The molecule has 2 aromatic rings. The summed E-state index contributed by atoms with van der Waals surface area (Å²) in [6, 6.07) is 9.65. The summed E-state index contributed by atoms with van der Waals surface area (Å²) in [5.41, 5.74) is 4.07. The first-order valence-electron chi connectivity index (χ1n) is 6.77. The van der Waals surface area contributed by atoms with Crippen LogP contribution in [0.15, 0.2) is 42.7 Å². The lowest BCUT2D eigenvalue weighted by molar-refractivity contribution is 0.0992. The number of nitrogens with one attached hydrogen (secondary N) is 1. The maximum atomic E-state index is 12.7. The molecule has 1 aliphatic rings. The van der Waals surface area contributed by atoms with E-state index in [-0.39, 0.29) is 5.91 Å². The van der Waals surface area contributed by atoms with Crippen LogP contribution in [0.25, 0.3) is 0 Å². The van der Waals surface area contributed by atoms with Crippen molar-refractivity contribution in [1.29, 1.82) is 0 Å². The van der Waals surface area contributed by atoms with Gasteiger partial charge in [-0.1, -0.05) is 12.1 Å². The average Bonchev–Trinajstić information content (AvgIpc) is 2.54. The number of nitrogens with zero attached hydrogens (tertiary/aromatic N) is 2. The van der Waals surface area contributed by atoms with Gasteiger partial charge in [0, 0.05) is 37.2 Å². The first kappa shape index (κ1) is 12.8. The van der Waals surface area contributed by atoms with Gasteiger partial charge >= 0.3 is 0 Å². The number of amides is 1. The van der Waals surface area contributed by atoms with E-state index in [1.807, 2.05) is 24.3 Å². The van der Waals surface area contributed by atoms with Gasteiger partial charge in [-0.15, -0.1) is 0 Å². The zero-order valence-corrected chi connectivity index (χ0v) is 11.5. The maximum absolute atomic E-state index is 12.7. The SMILES string of the molecule is CN(C(=O)c1cccc2c1CCNC2)c1ccncc1. The number of anilines is 1. The number of carbonyl (C=O) groups is 1. The highest BCUT2D eigenvalue weighted by molar-refractivity contribution is 6.06. The Balaban J connectivity index is 1.95. The third kappa shape index (κ3) is 2.30. The lowest BCUT2D eigenvalue weighted by Gasteiger charge is -2.23. The van der Waals surface area contributed by atoms with Crippen molar-refractivity contribution >= 4 is 11.6 Å². The summed E-state index contributed by atoms with van der Waals surface area (Å²) in [5.74, 6) is 0.0370. The lowest BCUT2D eigenvalue weighted by Crippen LogP contribution is -2.30. The first-order chi connectivity index (χ1) is 9.77. The van der Waals surface area contributed by atoms with Gasteiger partial charge < -0.3 is 10.2 Å². The average molecular weight is 267 g/mol. The van der Waals surface area contributed by atoms with Crippen LogP contribution in [0.3, 0.4) is 0 Å². The zero-order chi connectivity index (χ0) is 13.9. The van der Waals surface area contributed by atoms with Crippen molar-refractivity contribution < 1.29 is 4.79 Å². The van der Waals surface area contributed by atoms with E-state index in [2.05, 4.69) is 16.4 Å². The van der Waals surface area contributed by atoms with Gasteiger partial charge in [0.25, 0.3) is 5.91 Å². The highest BCUT2D eigenvalue weighted by atomic mass is 16.2. The van der Waals surface area contributed by atoms with E-state index in [0.717, 1.165) is 30.8 Å². The molecule has 4 nitrogen and oxygen atoms in total. The Bertz CT molecular complexity index is 625. The fourth-order valence-corrected chi connectivity index (χ4v) is 2.60. The third-order valence-electron chi connectivity index (χ3n) is 3.73. The Morgan fingerprint density at radius 3 is 2.85 bits per heavy atom. The number of benzene rings is 1. The summed E-state index contributed by atoms with van der Waals surface area (Å²) < 4.78 is 0. The van der Waals surface area contributed by atoms with E-state index in [1.54, 1.807) is 24.3 Å². The van der Waals surface area contributed by atoms with Crippen molar-refractivity contribution in [3.63, 3.8) is 0 Å². The molecule has 0 saturated carbocycles. The van der Waals surface area contributed by atoms with Crippen molar-refractivity contribution in [3.8, 4) is 0 Å². The summed E-state index contributed by atoms with van der Waals surface area (Å²) >= 11 is 0. The first-order valence-corrected chi connectivity index (χ1v) is 6.77. The molecule has 20 heavy (non-hydrogen) atoms. The number of hydrogen-bond donors (Lipinski definition) is 1. The molecule has 3 rings (SSSR count). The van der Waals surface area contributed by atoms with Crippen LogP contribution in [0.4, 0.5) is 5.69 Å². The second kappa shape index (κ2) is 5.43. The van der Waals surface area contributed by atoms with Crippen molar-refractivity contribution in [2.45, 2.75) is 13.0 Å². The highest BCUT2D eigenvalue weighted by Crippen LogP contribution is 2.22. The van der Waals surface area contributed by atoms with Crippen molar-refractivity contribution in [2.24, 2.45) is 0 Å². The molecule has 1 N–H and O–H groups in total. The second-order valence-corrected chi connectivity index (χ2v) is 4.94. The summed E-state index contributed by atoms with van der Waals surface area (Å²) in [4.78, 5) is 18.4. The molecule has 1 amide bonds. The number of rotatable bonds is 2. The minimum atomic E-state index is 0.0370. The molecule has 0 fully saturated rings. The molecule has 1 aromatic carbocycles. The van der Waals surface area contributed by atoms with Crippen LogP contribution >= 0.6 is 0 Å². The number of carbonyl (C=O) groups excluding carboxylic acids is 1. The Hall–Kier alpha value is -2.20. The molecular formula is C16H17N3O. The number of aromatic nitrogens is 1. The number of hydrogen-bond acceptors (Lipinski definition) is 3. The lowest BCUT2D eigenvalue weighted by atomic mass is 9.95. The van der Waals surface area contributed by atoms with E-state index in [9.17, 15) is 4.79 Å². The van der Waals surface area contributed by atoms with Crippen LogP contribution in [0.5, 0.6) is 0 Å². The molecule has 0 aliphatic carbocycles. The maximum Gasteiger partial charge on any atom is 0.258 e. The topological polar surface area (TPSA) is 45.2 Å². The Labute approximate surface area is 118 Å². The summed E-state index contributed by atoms with van der Waals surface area (Å²) in [5, 5.41) is 3.33. The second-order valence-electron chi connectivity index (χ2n) is 4.94. The van der Waals surface area contributed by atoms with E-state index in [0.29, 0.717) is 0 Å². The molecule has 0 saturated heterocycles.